The quantitative estimate of drug-likeness (QED) is 0.902. The van der Waals surface area contributed by atoms with Crippen LogP contribution in [0.25, 0.3) is 0 Å². The molecule has 1 rings (SSSR count). The third-order valence-corrected chi connectivity index (χ3v) is 3.03. The average molecular weight is 316 g/mol. The van der Waals surface area contributed by atoms with E-state index < -0.39 is 5.97 Å². The van der Waals surface area contributed by atoms with Gasteiger partial charge in [0, 0.05) is 19.2 Å². The van der Waals surface area contributed by atoms with Crippen molar-refractivity contribution in [2.24, 2.45) is 0 Å². The van der Waals surface area contributed by atoms with E-state index in [9.17, 15) is 9.59 Å². The second-order valence-corrected chi connectivity index (χ2v) is 4.57. The molecule has 0 heterocycles. The van der Waals surface area contributed by atoms with Crippen LogP contribution in [0.5, 0.6) is 5.75 Å². The van der Waals surface area contributed by atoms with Gasteiger partial charge in [-0.05, 0) is 34.1 Å². The van der Waals surface area contributed by atoms with E-state index in [0.717, 1.165) is 0 Å². The molecule has 0 aliphatic carbocycles. The lowest BCUT2D eigenvalue weighted by Crippen LogP contribution is -2.29. The van der Waals surface area contributed by atoms with E-state index in [1.807, 2.05) is 0 Å². The highest BCUT2D eigenvalue weighted by Gasteiger charge is 2.14. The number of aliphatic carboxylic acids is 1. The SMILES string of the molecule is COc1ccc(C(=O)N(C)CCC(=O)O)cc1Br. The summed E-state index contributed by atoms with van der Waals surface area (Å²) in [5, 5.41) is 8.57. The third-order valence-electron chi connectivity index (χ3n) is 2.41. The highest BCUT2D eigenvalue weighted by atomic mass is 79.9. The van der Waals surface area contributed by atoms with Crippen molar-refractivity contribution >= 4 is 27.8 Å². The van der Waals surface area contributed by atoms with Gasteiger partial charge < -0.3 is 14.7 Å². The molecular formula is C12H14BrNO4. The second kappa shape index (κ2) is 6.39. The minimum absolute atomic E-state index is 0.0699. The Labute approximate surface area is 113 Å². The van der Waals surface area contributed by atoms with E-state index in [1.54, 1.807) is 32.4 Å². The molecule has 0 saturated carbocycles. The predicted molar refractivity (Wildman–Crippen MR) is 69.9 cm³/mol. The van der Waals surface area contributed by atoms with E-state index >= 15 is 0 Å². The number of carboxylic acids is 1. The highest BCUT2D eigenvalue weighted by molar-refractivity contribution is 9.10. The molecule has 1 N–H and O–H groups in total. The van der Waals surface area contributed by atoms with Crippen molar-refractivity contribution in [2.75, 3.05) is 20.7 Å². The van der Waals surface area contributed by atoms with Crippen molar-refractivity contribution in [1.82, 2.24) is 4.90 Å². The van der Waals surface area contributed by atoms with E-state index in [-0.39, 0.29) is 18.9 Å². The molecular weight excluding hydrogens is 302 g/mol. The number of carbonyl (C=O) groups is 2. The lowest BCUT2D eigenvalue weighted by molar-refractivity contribution is -0.137. The Kier molecular flexibility index (Phi) is 5.15. The van der Waals surface area contributed by atoms with Gasteiger partial charge in [-0.1, -0.05) is 0 Å². The van der Waals surface area contributed by atoms with E-state index in [0.29, 0.717) is 15.8 Å². The largest absolute Gasteiger partial charge is 0.496 e. The summed E-state index contributed by atoms with van der Waals surface area (Å²) in [4.78, 5) is 23.8. The summed E-state index contributed by atoms with van der Waals surface area (Å²) in [7, 11) is 3.12. The van der Waals surface area contributed by atoms with E-state index in [4.69, 9.17) is 9.84 Å². The molecule has 18 heavy (non-hydrogen) atoms. The van der Waals surface area contributed by atoms with Gasteiger partial charge in [-0.3, -0.25) is 9.59 Å². The van der Waals surface area contributed by atoms with Gasteiger partial charge in [0.05, 0.1) is 18.0 Å². The topological polar surface area (TPSA) is 66.8 Å². The van der Waals surface area contributed by atoms with Gasteiger partial charge in [-0.25, -0.2) is 0 Å². The number of hydrogen-bond donors (Lipinski definition) is 1. The predicted octanol–water partition coefficient (Wildman–Crippen LogP) is 2.00. The number of benzene rings is 1. The van der Waals surface area contributed by atoms with Crippen molar-refractivity contribution in [3.8, 4) is 5.75 Å². The Morgan fingerprint density at radius 2 is 2.11 bits per heavy atom. The van der Waals surface area contributed by atoms with E-state index in [1.165, 1.54) is 4.90 Å². The fraction of sp³-hybridized carbons (Fsp3) is 0.333. The smallest absolute Gasteiger partial charge is 0.305 e. The van der Waals surface area contributed by atoms with Crippen molar-refractivity contribution in [3.63, 3.8) is 0 Å². The molecule has 0 radical (unpaired) electrons. The van der Waals surface area contributed by atoms with Crippen LogP contribution in [0.15, 0.2) is 22.7 Å². The van der Waals surface area contributed by atoms with Gasteiger partial charge in [-0.15, -0.1) is 0 Å². The molecule has 1 amide bonds. The zero-order chi connectivity index (χ0) is 13.7. The summed E-state index contributed by atoms with van der Waals surface area (Å²) in [5.41, 5.74) is 0.482. The lowest BCUT2D eigenvalue weighted by Gasteiger charge is -2.16. The Balaban J connectivity index is 2.77. The van der Waals surface area contributed by atoms with Gasteiger partial charge >= 0.3 is 5.97 Å². The van der Waals surface area contributed by atoms with Gasteiger partial charge in [-0.2, -0.15) is 0 Å². The molecule has 6 heteroatoms. The maximum atomic E-state index is 12.0. The summed E-state index contributed by atoms with van der Waals surface area (Å²) >= 11 is 3.30. The average Bonchev–Trinajstić information content (AvgIpc) is 2.34. The maximum Gasteiger partial charge on any atom is 0.305 e. The Bertz CT molecular complexity index is 461. The summed E-state index contributed by atoms with van der Waals surface area (Å²) in [5.74, 6) is -0.509. The minimum atomic E-state index is -0.925. The first-order valence-corrected chi connectivity index (χ1v) is 6.05. The molecule has 5 nitrogen and oxygen atoms in total. The number of rotatable bonds is 5. The third kappa shape index (κ3) is 3.73. The fourth-order valence-corrected chi connectivity index (χ4v) is 1.93. The summed E-state index contributed by atoms with van der Waals surface area (Å²) < 4.78 is 5.75. The number of carboxylic acid groups (broad SMARTS) is 1. The van der Waals surface area contributed by atoms with Crippen molar-refractivity contribution in [2.45, 2.75) is 6.42 Å². The number of amides is 1. The first kappa shape index (κ1) is 14.5. The Morgan fingerprint density at radius 3 is 2.61 bits per heavy atom. The zero-order valence-corrected chi connectivity index (χ0v) is 11.7. The minimum Gasteiger partial charge on any atom is -0.496 e. The zero-order valence-electron chi connectivity index (χ0n) is 10.1. The van der Waals surface area contributed by atoms with Crippen LogP contribution in [0.3, 0.4) is 0 Å². The fourth-order valence-electron chi connectivity index (χ4n) is 1.38. The number of halogens is 1. The highest BCUT2D eigenvalue weighted by Crippen LogP contribution is 2.25. The van der Waals surface area contributed by atoms with E-state index in [2.05, 4.69) is 15.9 Å². The first-order chi connectivity index (χ1) is 8.45. The summed E-state index contributed by atoms with van der Waals surface area (Å²) in [6.07, 6.45) is -0.0699. The molecule has 0 aromatic heterocycles. The molecule has 0 atom stereocenters. The molecule has 0 saturated heterocycles. The van der Waals surface area contributed by atoms with Gasteiger partial charge in [0.25, 0.3) is 5.91 Å². The Morgan fingerprint density at radius 1 is 1.44 bits per heavy atom. The van der Waals surface area contributed by atoms with Gasteiger partial charge in [0.15, 0.2) is 0 Å². The summed E-state index contributed by atoms with van der Waals surface area (Å²) in [6, 6.07) is 4.98. The molecule has 0 aliphatic rings. The first-order valence-electron chi connectivity index (χ1n) is 5.26. The molecule has 0 aliphatic heterocycles. The van der Waals surface area contributed by atoms with Crippen LogP contribution in [0.1, 0.15) is 16.8 Å². The molecule has 1 aromatic rings. The number of nitrogens with zero attached hydrogens (tertiary/aromatic N) is 1. The van der Waals surface area contributed by atoms with Crippen LogP contribution in [0.2, 0.25) is 0 Å². The molecule has 0 spiro atoms. The monoisotopic (exact) mass is 315 g/mol. The van der Waals surface area contributed by atoms with Crippen LogP contribution < -0.4 is 4.74 Å². The van der Waals surface area contributed by atoms with Crippen LogP contribution in [0, 0.1) is 0 Å². The standard InChI is InChI=1S/C12H14BrNO4/c1-14(6-5-11(15)16)12(17)8-3-4-10(18-2)9(13)7-8/h3-4,7H,5-6H2,1-2H3,(H,15,16). The van der Waals surface area contributed by atoms with Crippen LogP contribution in [-0.4, -0.2) is 42.6 Å². The van der Waals surface area contributed by atoms with Crippen LogP contribution in [0.4, 0.5) is 0 Å². The maximum absolute atomic E-state index is 12.0. The van der Waals surface area contributed by atoms with Crippen LogP contribution in [-0.2, 0) is 4.79 Å². The molecule has 0 bridgehead atoms. The van der Waals surface area contributed by atoms with Gasteiger partial charge in [0.2, 0.25) is 0 Å². The lowest BCUT2D eigenvalue weighted by atomic mass is 10.2. The van der Waals surface area contributed by atoms with Crippen molar-refractivity contribution < 1.29 is 19.4 Å². The number of carbonyl (C=O) groups excluding carboxylic acids is 1. The molecule has 0 unspecified atom stereocenters. The molecule has 98 valence electrons. The number of methoxy groups -OCH3 is 1. The van der Waals surface area contributed by atoms with Gasteiger partial charge in [0.1, 0.15) is 5.75 Å². The number of ether oxygens (including phenoxy) is 1. The Hall–Kier alpha value is -1.56. The molecule has 0 fully saturated rings. The summed E-state index contributed by atoms with van der Waals surface area (Å²) in [6.45, 7) is 0.178. The normalized spacial score (nSPS) is 9.94. The molecule has 1 aromatic carbocycles. The van der Waals surface area contributed by atoms with Crippen LogP contribution >= 0.6 is 15.9 Å². The van der Waals surface area contributed by atoms with Crippen molar-refractivity contribution in [1.29, 1.82) is 0 Å². The number of hydrogen-bond acceptors (Lipinski definition) is 3. The second-order valence-electron chi connectivity index (χ2n) is 3.72. The van der Waals surface area contributed by atoms with Crippen molar-refractivity contribution in [3.05, 3.63) is 28.2 Å².